The molecule has 1 fully saturated rings. The van der Waals surface area contributed by atoms with Crippen LogP contribution in [0.4, 0.5) is 0 Å². The zero-order valence-electron chi connectivity index (χ0n) is 12.7. The van der Waals surface area contributed by atoms with E-state index < -0.39 is 0 Å². The van der Waals surface area contributed by atoms with Crippen molar-refractivity contribution in [3.8, 4) is 0 Å². The smallest absolute Gasteiger partial charge is 0.0360 e. The maximum Gasteiger partial charge on any atom is 0.0360 e. The van der Waals surface area contributed by atoms with E-state index in [2.05, 4.69) is 66.0 Å². The number of hydrogen-bond acceptors (Lipinski definition) is 1. The average molecular weight is 279 g/mol. The van der Waals surface area contributed by atoms with E-state index in [1.807, 2.05) is 0 Å². The lowest BCUT2D eigenvalue weighted by Gasteiger charge is -2.27. The minimum absolute atomic E-state index is 0.425. The first-order chi connectivity index (χ1) is 10.4. The maximum atomic E-state index is 3.78. The zero-order chi connectivity index (χ0) is 14.3. The molecule has 0 amide bonds. The van der Waals surface area contributed by atoms with Crippen LogP contribution in [0.1, 0.15) is 42.9 Å². The van der Waals surface area contributed by atoms with Gasteiger partial charge >= 0.3 is 0 Å². The van der Waals surface area contributed by atoms with Crippen molar-refractivity contribution in [2.75, 3.05) is 6.54 Å². The van der Waals surface area contributed by atoms with Crippen molar-refractivity contribution in [2.45, 2.75) is 38.1 Å². The summed E-state index contributed by atoms with van der Waals surface area (Å²) < 4.78 is 0. The number of hydrogen-bond donors (Lipinski definition) is 1. The first-order valence-electron chi connectivity index (χ1n) is 8.24. The second-order valence-corrected chi connectivity index (χ2v) is 6.19. The highest BCUT2D eigenvalue weighted by molar-refractivity contribution is 5.23. The van der Waals surface area contributed by atoms with Gasteiger partial charge in [0.05, 0.1) is 0 Å². The molecule has 0 aliphatic heterocycles. The van der Waals surface area contributed by atoms with Gasteiger partial charge in [-0.05, 0) is 36.4 Å². The van der Waals surface area contributed by atoms with Crippen LogP contribution in [-0.2, 0) is 6.42 Å². The Hall–Kier alpha value is -1.60. The normalized spacial score (nSPS) is 16.4. The summed E-state index contributed by atoms with van der Waals surface area (Å²) in [6, 6.07) is 22.1. The monoisotopic (exact) mass is 279 g/mol. The van der Waals surface area contributed by atoms with Gasteiger partial charge in [-0.25, -0.2) is 0 Å². The summed E-state index contributed by atoms with van der Waals surface area (Å²) in [6.45, 7) is 1.14. The van der Waals surface area contributed by atoms with Crippen molar-refractivity contribution in [1.82, 2.24) is 5.32 Å². The van der Waals surface area contributed by atoms with Crippen molar-refractivity contribution in [3.63, 3.8) is 0 Å². The molecule has 2 aromatic carbocycles. The minimum atomic E-state index is 0.425. The van der Waals surface area contributed by atoms with Crippen LogP contribution in [0.25, 0.3) is 0 Å². The molecule has 110 valence electrons. The first-order valence-corrected chi connectivity index (χ1v) is 8.24. The highest BCUT2D eigenvalue weighted by atomic mass is 14.9. The molecule has 1 nitrogen and oxygen atoms in total. The molecule has 0 aromatic heterocycles. The van der Waals surface area contributed by atoms with Crippen molar-refractivity contribution >= 4 is 0 Å². The highest BCUT2D eigenvalue weighted by Gasteiger charge is 2.18. The summed E-state index contributed by atoms with van der Waals surface area (Å²) in [5, 5.41) is 3.78. The summed E-state index contributed by atoms with van der Waals surface area (Å²) in [5.74, 6) is 0.977. The predicted octanol–water partition coefficient (Wildman–Crippen LogP) is 4.75. The van der Waals surface area contributed by atoms with E-state index in [0.717, 1.165) is 18.9 Å². The fourth-order valence-electron chi connectivity index (χ4n) is 3.09. The lowest BCUT2D eigenvalue weighted by Crippen LogP contribution is -2.27. The van der Waals surface area contributed by atoms with Crippen LogP contribution in [0.5, 0.6) is 0 Å². The number of rotatable bonds is 7. The summed E-state index contributed by atoms with van der Waals surface area (Å²) >= 11 is 0. The fraction of sp³-hybridized carbons (Fsp3) is 0.400. The van der Waals surface area contributed by atoms with E-state index in [0.29, 0.717) is 6.04 Å². The van der Waals surface area contributed by atoms with Crippen LogP contribution in [-0.4, -0.2) is 6.54 Å². The molecule has 0 saturated heterocycles. The van der Waals surface area contributed by atoms with Crippen molar-refractivity contribution in [2.24, 2.45) is 5.92 Å². The summed E-state index contributed by atoms with van der Waals surface area (Å²) in [5.41, 5.74) is 2.80. The first kappa shape index (κ1) is 14.3. The van der Waals surface area contributed by atoms with Gasteiger partial charge in [0.1, 0.15) is 0 Å². The van der Waals surface area contributed by atoms with Gasteiger partial charge in [-0.3, -0.25) is 0 Å². The molecule has 1 atom stereocenters. The molecular weight excluding hydrogens is 254 g/mol. The third-order valence-corrected chi connectivity index (χ3v) is 4.65. The van der Waals surface area contributed by atoms with Gasteiger partial charge in [0.25, 0.3) is 0 Å². The quantitative estimate of drug-likeness (QED) is 0.771. The SMILES string of the molecule is c1ccc(CC(NCCC2CCC2)c2ccccc2)cc1. The number of nitrogens with one attached hydrogen (secondary N) is 1. The Morgan fingerprint density at radius 3 is 2.19 bits per heavy atom. The van der Waals surface area contributed by atoms with E-state index >= 15 is 0 Å². The fourth-order valence-corrected chi connectivity index (χ4v) is 3.09. The van der Waals surface area contributed by atoms with Gasteiger partial charge < -0.3 is 5.32 Å². The summed E-state index contributed by atoms with van der Waals surface area (Å²) in [4.78, 5) is 0. The van der Waals surface area contributed by atoms with Crippen LogP contribution in [0, 0.1) is 5.92 Å². The van der Waals surface area contributed by atoms with Crippen molar-refractivity contribution < 1.29 is 0 Å². The van der Waals surface area contributed by atoms with E-state index in [-0.39, 0.29) is 0 Å². The van der Waals surface area contributed by atoms with Crippen LogP contribution < -0.4 is 5.32 Å². The zero-order valence-corrected chi connectivity index (χ0v) is 12.7. The van der Waals surface area contributed by atoms with E-state index in [9.17, 15) is 0 Å². The summed E-state index contributed by atoms with van der Waals surface area (Å²) in [7, 11) is 0. The van der Waals surface area contributed by atoms with Gasteiger partial charge in [-0.15, -0.1) is 0 Å². The molecule has 3 rings (SSSR count). The van der Waals surface area contributed by atoms with Crippen LogP contribution in [0.2, 0.25) is 0 Å². The molecular formula is C20H25N. The molecule has 0 radical (unpaired) electrons. The van der Waals surface area contributed by atoms with E-state index in [4.69, 9.17) is 0 Å². The predicted molar refractivity (Wildman–Crippen MR) is 89.3 cm³/mol. The highest BCUT2D eigenvalue weighted by Crippen LogP contribution is 2.29. The van der Waals surface area contributed by atoms with E-state index in [1.54, 1.807) is 0 Å². The van der Waals surface area contributed by atoms with Crippen molar-refractivity contribution in [3.05, 3.63) is 71.8 Å². The molecule has 1 saturated carbocycles. The van der Waals surface area contributed by atoms with Gasteiger partial charge in [-0.2, -0.15) is 0 Å². The summed E-state index contributed by atoms with van der Waals surface area (Å²) in [6.07, 6.45) is 6.72. The third kappa shape index (κ3) is 4.18. The van der Waals surface area contributed by atoms with Crippen LogP contribution >= 0.6 is 0 Å². The second kappa shape index (κ2) is 7.42. The van der Waals surface area contributed by atoms with Gasteiger partial charge in [0, 0.05) is 6.04 Å². The third-order valence-electron chi connectivity index (χ3n) is 4.65. The Morgan fingerprint density at radius 1 is 0.905 bits per heavy atom. The van der Waals surface area contributed by atoms with Gasteiger partial charge in [0.15, 0.2) is 0 Å². The second-order valence-electron chi connectivity index (χ2n) is 6.19. The van der Waals surface area contributed by atoms with Gasteiger partial charge in [-0.1, -0.05) is 79.9 Å². The Bertz CT molecular complexity index is 516. The molecule has 2 aromatic rings. The number of benzene rings is 2. The van der Waals surface area contributed by atoms with Gasteiger partial charge in [0.2, 0.25) is 0 Å². The van der Waals surface area contributed by atoms with Crippen LogP contribution in [0.3, 0.4) is 0 Å². The van der Waals surface area contributed by atoms with Crippen molar-refractivity contribution in [1.29, 1.82) is 0 Å². The molecule has 1 N–H and O–H groups in total. The Morgan fingerprint density at radius 2 is 1.57 bits per heavy atom. The molecule has 1 heteroatoms. The largest absolute Gasteiger partial charge is 0.310 e. The Balaban J connectivity index is 1.62. The topological polar surface area (TPSA) is 12.0 Å². The standard InChI is InChI=1S/C20H25N/c1-3-8-18(9-4-1)16-20(19-12-5-2-6-13-19)21-15-14-17-10-7-11-17/h1-6,8-9,12-13,17,20-21H,7,10-11,14-16H2. The molecule has 0 heterocycles. The van der Waals surface area contributed by atoms with E-state index in [1.165, 1.54) is 36.8 Å². The van der Waals surface area contributed by atoms with Crippen LogP contribution in [0.15, 0.2) is 60.7 Å². The molecule has 1 unspecified atom stereocenters. The molecule has 1 aliphatic rings. The Labute approximate surface area is 128 Å². The lowest BCUT2D eigenvalue weighted by molar-refractivity contribution is 0.287. The Kier molecular flexibility index (Phi) is 5.07. The minimum Gasteiger partial charge on any atom is -0.310 e. The molecule has 0 bridgehead atoms. The maximum absolute atomic E-state index is 3.78. The average Bonchev–Trinajstić information content (AvgIpc) is 2.50. The molecule has 0 spiro atoms. The molecule has 1 aliphatic carbocycles. The molecule has 21 heavy (non-hydrogen) atoms. The lowest BCUT2D eigenvalue weighted by atomic mass is 9.83.